The van der Waals surface area contributed by atoms with Crippen molar-refractivity contribution in [2.24, 2.45) is 7.05 Å². The highest BCUT2D eigenvalue weighted by Crippen LogP contribution is 2.56. The topological polar surface area (TPSA) is 104 Å². The third-order valence-corrected chi connectivity index (χ3v) is 7.33. The minimum absolute atomic E-state index is 0.326. The second kappa shape index (κ2) is 8.93. The highest BCUT2D eigenvalue weighted by molar-refractivity contribution is 9.10. The lowest BCUT2D eigenvalue weighted by molar-refractivity contribution is -0.111. The summed E-state index contributed by atoms with van der Waals surface area (Å²) in [5.74, 6) is -0.326. The summed E-state index contributed by atoms with van der Waals surface area (Å²) in [5.41, 5.74) is 3.69. The zero-order chi connectivity index (χ0) is 22.8. The van der Waals surface area contributed by atoms with E-state index >= 15 is 0 Å². The van der Waals surface area contributed by atoms with Gasteiger partial charge in [-0.1, -0.05) is 40.2 Å². The van der Waals surface area contributed by atoms with Gasteiger partial charge >= 0.3 is 7.60 Å². The number of nitrogens with zero attached hydrogens (tertiary/aromatic N) is 2. The average Bonchev–Trinajstić information content (AvgIpc) is 3.07. The first-order valence-corrected chi connectivity index (χ1v) is 11.8. The molecule has 0 unspecified atom stereocenters. The monoisotopic (exact) mass is 503 g/mol. The van der Waals surface area contributed by atoms with Gasteiger partial charge in [-0.25, -0.2) is 0 Å². The SMILES string of the molecule is Cn1ncc(C=CC(=O)Nc2ccc(C(C)(C)P(=O)(O)O)cc2)c1-c1ccc(Br)cc1. The Kier molecular flexibility index (Phi) is 6.67. The standard InChI is InChI=1S/C22H23BrN3O4P/c1-22(2,31(28,29)30)17-7-11-19(12-8-17)25-20(27)13-6-16-14-24-26(3)21(16)15-4-9-18(23)10-5-15/h4-14H,1-3H3,(H,25,27)(H2,28,29,30). The maximum Gasteiger partial charge on any atom is 0.335 e. The summed E-state index contributed by atoms with van der Waals surface area (Å²) >= 11 is 3.42. The lowest BCUT2D eigenvalue weighted by Crippen LogP contribution is -2.17. The summed E-state index contributed by atoms with van der Waals surface area (Å²) in [7, 11) is -2.48. The predicted molar refractivity (Wildman–Crippen MR) is 126 cm³/mol. The summed E-state index contributed by atoms with van der Waals surface area (Å²) in [4.78, 5) is 31.4. The van der Waals surface area contributed by atoms with Crippen molar-refractivity contribution in [1.29, 1.82) is 0 Å². The molecule has 9 heteroatoms. The van der Waals surface area contributed by atoms with Crippen molar-refractivity contribution in [2.45, 2.75) is 19.0 Å². The lowest BCUT2D eigenvalue weighted by atomic mass is 10.0. The van der Waals surface area contributed by atoms with E-state index in [-0.39, 0.29) is 5.91 Å². The van der Waals surface area contributed by atoms with Gasteiger partial charge in [0.2, 0.25) is 5.91 Å². The van der Waals surface area contributed by atoms with Crippen LogP contribution in [0.2, 0.25) is 0 Å². The fourth-order valence-electron chi connectivity index (χ4n) is 3.02. The minimum Gasteiger partial charge on any atom is -0.324 e. The third-order valence-electron chi connectivity index (χ3n) is 5.09. The van der Waals surface area contributed by atoms with Gasteiger partial charge in [-0.2, -0.15) is 5.10 Å². The van der Waals surface area contributed by atoms with E-state index in [1.165, 1.54) is 19.9 Å². The fraction of sp³-hybridized carbons (Fsp3) is 0.182. The Labute approximate surface area is 189 Å². The van der Waals surface area contributed by atoms with E-state index in [0.29, 0.717) is 11.3 Å². The normalized spacial score (nSPS) is 12.3. The Morgan fingerprint density at radius 2 is 1.74 bits per heavy atom. The summed E-state index contributed by atoms with van der Waals surface area (Å²) in [6.45, 7) is 2.97. The quantitative estimate of drug-likeness (QED) is 0.327. The molecule has 162 valence electrons. The first-order chi connectivity index (χ1) is 14.5. The molecule has 7 nitrogen and oxygen atoms in total. The van der Waals surface area contributed by atoms with Crippen molar-refractivity contribution in [3.63, 3.8) is 0 Å². The lowest BCUT2D eigenvalue weighted by Gasteiger charge is -2.26. The number of hydrogen-bond acceptors (Lipinski definition) is 3. The van der Waals surface area contributed by atoms with Crippen LogP contribution in [0.3, 0.4) is 0 Å². The molecule has 3 N–H and O–H groups in total. The second-order valence-electron chi connectivity index (χ2n) is 7.58. The molecule has 0 bridgehead atoms. The van der Waals surface area contributed by atoms with E-state index in [1.807, 2.05) is 31.3 Å². The number of aromatic nitrogens is 2. The van der Waals surface area contributed by atoms with Crippen LogP contribution in [0.5, 0.6) is 0 Å². The third kappa shape index (κ3) is 5.22. The van der Waals surface area contributed by atoms with Crippen molar-refractivity contribution >= 4 is 41.2 Å². The Balaban J connectivity index is 1.74. The molecule has 0 spiro atoms. The molecular formula is C22H23BrN3O4P. The summed E-state index contributed by atoms with van der Waals surface area (Å²) in [5, 5.41) is 5.73. The van der Waals surface area contributed by atoms with Gasteiger partial charge < -0.3 is 15.1 Å². The van der Waals surface area contributed by atoms with Gasteiger partial charge in [0.15, 0.2) is 0 Å². The van der Waals surface area contributed by atoms with Gasteiger partial charge in [0.1, 0.15) is 0 Å². The Morgan fingerprint density at radius 1 is 1.13 bits per heavy atom. The Hall–Kier alpha value is -2.51. The minimum atomic E-state index is -4.32. The first-order valence-electron chi connectivity index (χ1n) is 9.42. The molecule has 3 aromatic rings. The van der Waals surface area contributed by atoms with E-state index in [9.17, 15) is 19.1 Å². The van der Waals surface area contributed by atoms with Crippen LogP contribution in [0.4, 0.5) is 5.69 Å². The van der Waals surface area contributed by atoms with Crippen LogP contribution in [-0.2, 0) is 21.6 Å². The largest absolute Gasteiger partial charge is 0.335 e. The number of carbonyl (C=O) groups is 1. The van der Waals surface area contributed by atoms with Gasteiger partial charge in [-0.3, -0.25) is 14.0 Å². The molecule has 1 amide bonds. The maximum atomic E-state index is 12.4. The molecular weight excluding hydrogens is 481 g/mol. The van der Waals surface area contributed by atoms with Crippen molar-refractivity contribution in [1.82, 2.24) is 9.78 Å². The average molecular weight is 504 g/mol. The molecule has 1 heterocycles. The van der Waals surface area contributed by atoms with E-state index in [2.05, 4.69) is 26.3 Å². The van der Waals surface area contributed by atoms with E-state index in [4.69, 9.17) is 0 Å². The van der Waals surface area contributed by atoms with Crippen LogP contribution in [-0.4, -0.2) is 25.5 Å². The van der Waals surface area contributed by atoms with Gasteiger partial charge in [0, 0.05) is 34.4 Å². The molecule has 1 aromatic heterocycles. The fourth-order valence-corrected chi connectivity index (χ4v) is 3.77. The number of benzene rings is 2. The van der Waals surface area contributed by atoms with Gasteiger partial charge in [-0.15, -0.1) is 0 Å². The molecule has 0 aliphatic rings. The van der Waals surface area contributed by atoms with Crippen molar-refractivity contribution < 1.29 is 19.1 Å². The second-order valence-corrected chi connectivity index (χ2v) is 10.7. The molecule has 0 saturated carbocycles. The highest BCUT2D eigenvalue weighted by atomic mass is 79.9. The molecule has 2 aromatic carbocycles. The molecule has 0 radical (unpaired) electrons. The highest BCUT2D eigenvalue weighted by Gasteiger charge is 2.39. The van der Waals surface area contributed by atoms with Crippen LogP contribution in [0.1, 0.15) is 25.0 Å². The maximum absolute atomic E-state index is 12.4. The molecule has 0 atom stereocenters. The van der Waals surface area contributed by atoms with Gasteiger partial charge in [-0.05, 0) is 49.8 Å². The van der Waals surface area contributed by atoms with Gasteiger partial charge in [0.25, 0.3) is 0 Å². The number of nitrogens with one attached hydrogen (secondary N) is 1. The van der Waals surface area contributed by atoms with Crippen LogP contribution < -0.4 is 5.32 Å². The number of anilines is 1. The van der Waals surface area contributed by atoms with Crippen LogP contribution in [0, 0.1) is 0 Å². The summed E-state index contributed by atoms with van der Waals surface area (Å²) < 4.78 is 14.4. The van der Waals surface area contributed by atoms with E-state index in [0.717, 1.165) is 21.3 Å². The summed E-state index contributed by atoms with van der Waals surface area (Å²) in [6.07, 6.45) is 4.82. The van der Waals surface area contributed by atoms with Gasteiger partial charge in [0.05, 0.1) is 17.0 Å². The van der Waals surface area contributed by atoms with Crippen molar-refractivity contribution in [3.05, 3.63) is 76.4 Å². The van der Waals surface area contributed by atoms with Crippen molar-refractivity contribution in [2.75, 3.05) is 5.32 Å². The van der Waals surface area contributed by atoms with Crippen LogP contribution >= 0.6 is 23.5 Å². The summed E-state index contributed by atoms with van der Waals surface area (Å²) in [6, 6.07) is 14.3. The number of rotatable bonds is 6. The van der Waals surface area contributed by atoms with Crippen LogP contribution in [0.15, 0.2) is 65.3 Å². The molecule has 0 aliphatic heterocycles. The first kappa shape index (κ1) is 23.2. The zero-order valence-corrected chi connectivity index (χ0v) is 19.8. The molecule has 31 heavy (non-hydrogen) atoms. The molecule has 0 saturated heterocycles. The molecule has 0 aliphatic carbocycles. The number of carbonyl (C=O) groups excluding carboxylic acids is 1. The number of amides is 1. The number of halogens is 1. The Bertz CT molecular complexity index is 1160. The molecule has 3 rings (SSSR count). The smallest absolute Gasteiger partial charge is 0.324 e. The molecule has 0 fully saturated rings. The van der Waals surface area contributed by atoms with E-state index < -0.39 is 12.8 Å². The Morgan fingerprint density at radius 3 is 2.32 bits per heavy atom. The van der Waals surface area contributed by atoms with E-state index in [1.54, 1.807) is 41.2 Å². The van der Waals surface area contributed by atoms with Crippen molar-refractivity contribution in [3.8, 4) is 11.3 Å². The van der Waals surface area contributed by atoms with Crippen LogP contribution in [0.25, 0.3) is 17.3 Å². The predicted octanol–water partition coefficient (Wildman–Crippen LogP) is 4.91. The zero-order valence-electron chi connectivity index (χ0n) is 17.3. The number of aryl methyl sites for hydroxylation is 1. The number of hydrogen-bond donors (Lipinski definition) is 3.